The number of carbonyl (C=O) groups is 1. The van der Waals surface area contributed by atoms with E-state index in [4.69, 9.17) is 4.74 Å². The van der Waals surface area contributed by atoms with Gasteiger partial charge < -0.3 is 9.72 Å². The highest BCUT2D eigenvalue weighted by Gasteiger charge is 2.55. The highest BCUT2D eigenvalue weighted by Crippen LogP contribution is 2.58. The van der Waals surface area contributed by atoms with E-state index < -0.39 is 11.6 Å². The quantitative estimate of drug-likeness (QED) is 0.486. The summed E-state index contributed by atoms with van der Waals surface area (Å²) in [6.07, 6.45) is 1.91. The zero-order valence-corrected chi connectivity index (χ0v) is 17.2. The molecule has 1 atom stereocenters. The molecule has 3 aromatic carbocycles. The van der Waals surface area contributed by atoms with E-state index in [0.29, 0.717) is 6.54 Å². The van der Waals surface area contributed by atoms with Crippen molar-refractivity contribution in [2.75, 3.05) is 7.11 Å². The molecule has 1 aliphatic heterocycles. The Morgan fingerprint density at radius 1 is 0.903 bits per heavy atom. The van der Waals surface area contributed by atoms with Crippen molar-refractivity contribution in [2.45, 2.75) is 18.1 Å². The predicted octanol–water partition coefficient (Wildman–Crippen LogP) is 5.02. The van der Waals surface area contributed by atoms with E-state index in [1.807, 2.05) is 18.3 Å². The van der Waals surface area contributed by atoms with Crippen molar-refractivity contribution in [1.82, 2.24) is 9.88 Å². The molecule has 31 heavy (non-hydrogen) atoms. The van der Waals surface area contributed by atoms with Crippen molar-refractivity contribution in [3.05, 3.63) is 119 Å². The fraction of sp³-hybridized carbons (Fsp3) is 0.148. The maximum absolute atomic E-state index is 13.2. The molecule has 0 saturated heterocycles. The molecule has 2 heterocycles. The summed E-state index contributed by atoms with van der Waals surface area (Å²) >= 11 is 0. The number of ether oxygens (including phenoxy) is 1. The van der Waals surface area contributed by atoms with Crippen molar-refractivity contribution >= 4 is 5.97 Å². The second kappa shape index (κ2) is 6.69. The van der Waals surface area contributed by atoms with Crippen molar-refractivity contribution in [2.24, 2.45) is 0 Å². The molecule has 152 valence electrons. The molecule has 0 radical (unpaired) electrons. The van der Waals surface area contributed by atoms with E-state index in [1.54, 1.807) is 0 Å². The summed E-state index contributed by atoms with van der Waals surface area (Å²) in [6, 6.07) is 29.1. The lowest BCUT2D eigenvalue weighted by molar-refractivity contribution is -0.148. The highest BCUT2D eigenvalue weighted by molar-refractivity contribution is 5.85. The maximum atomic E-state index is 13.2. The number of carbonyl (C=O) groups excluding carboxylic acids is 1. The number of hydrogen-bond acceptors (Lipinski definition) is 3. The van der Waals surface area contributed by atoms with Crippen LogP contribution in [0.15, 0.2) is 91.1 Å². The van der Waals surface area contributed by atoms with Crippen LogP contribution in [0.5, 0.6) is 0 Å². The summed E-state index contributed by atoms with van der Waals surface area (Å²) in [7, 11) is 1.47. The van der Waals surface area contributed by atoms with Crippen molar-refractivity contribution in [3.63, 3.8) is 0 Å². The van der Waals surface area contributed by atoms with Crippen LogP contribution in [0.2, 0.25) is 0 Å². The summed E-state index contributed by atoms with van der Waals surface area (Å²) in [5, 5.41) is 0. The number of benzene rings is 3. The Morgan fingerprint density at radius 3 is 2.16 bits per heavy atom. The standard InChI is InChI=1S/C27H22N2O2/c1-31-26(30)25-21-15-16-28-24(21)17-29(25)27(18-9-3-2-4-10-18)22-13-7-5-11-19(22)20-12-6-8-14-23(20)27/h2-16,25,28H,17H2,1H3/t25-/m0/s1. The SMILES string of the molecule is COC(=O)[C@@H]1c2cc[nH]c2CN1C1(c2ccccc2)c2ccccc2-c2ccccc21. The van der Waals surface area contributed by atoms with Gasteiger partial charge in [0.1, 0.15) is 6.04 Å². The van der Waals surface area contributed by atoms with Gasteiger partial charge in [-0.1, -0.05) is 78.9 Å². The van der Waals surface area contributed by atoms with Crippen molar-refractivity contribution < 1.29 is 9.53 Å². The van der Waals surface area contributed by atoms with Crippen molar-refractivity contribution in [3.8, 4) is 11.1 Å². The van der Waals surface area contributed by atoms with E-state index in [9.17, 15) is 4.79 Å². The van der Waals surface area contributed by atoms with E-state index in [-0.39, 0.29) is 5.97 Å². The first-order valence-corrected chi connectivity index (χ1v) is 10.5. The Balaban J connectivity index is 1.71. The number of rotatable bonds is 3. The van der Waals surface area contributed by atoms with Gasteiger partial charge >= 0.3 is 5.97 Å². The molecule has 1 aliphatic carbocycles. The Labute approximate surface area is 181 Å². The first-order valence-electron chi connectivity index (χ1n) is 10.5. The number of nitrogens with one attached hydrogen (secondary N) is 1. The van der Waals surface area contributed by atoms with Crippen LogP contribution in [-0.2, 0) is 21.6 Å². The minimum Gasteiger partial charge on any atom is -0.468 e. The van der Waals surface area contributed by atoms with Crippen molar-refractivity contribution in [1.29, 1.82) is 0 Å². The van der Waals surface area contributed by atoms with E-state index >= 15 is 0 Å². The number of esters is 1. The summed E-state index contributed by atoms with van der Waals surface area (Å²) in [6.45, 7) is 0.625. The third kappa shape index (κ3) is 2.31. The summed E-state index contributed by atoms with van der Waals surface area (Å²) in [4.78, 5) is 18.8. The van der Waals surface area contributed by atoms with Crippen LogP contribution in [0.3, 0.4) is 0 Å². The molecule has 0 bridgehead atoms. The fourth-order valence-corrected chi connectivity index (χ4v) is 5.59. The van der Waals surface area contributed by atoms with Crippen LogP contribution in [0.1, 0.15) is 34.0 Å². The topological polar surface area (TPSA) is 45.3 Å². The molecule has 4 aromatic rings. The van der Waals surface area contributed by atoms with Gasteiger partial charge in [0.2, 0.25) is 0 Å². The number of aromatic amines is 1. The lowest BCUT2D eigenvalue weighted by atomic mass is 9.78. The maximum Gasteiger partial charge on any atom is 0.327 e. The zero-order chi connectivity index (χ0) is 21.0. The smallest absolute Gasteiger partial charge is 0.327 e. The van der Waals surface area contributed by atoms with Crippen LogP contribution < -0.4 is 0 Å². The Bertz CT molecular complexity index is 1250. The zero-order valence-electron chi connectivity index (χ0n) is 17.2. The van der Waals surface area contributed by atoms with Gasteiger partial charge in [-0.3, -0.25) is 4.90 Å². The summed E-state index contributed by atoms with van der Waals surface area (Å²) in [5.74, 6) is -0.240. The Hall–Kier alpha value is -3.63. The van der Waals surface area contributed by atoms with Crippen LogP contribution in [0, 0.1) is 0 Å². The number of methoxy groups -OCH3 is 1. The number of nitrogens with zero attached hydrogens (tertiary/aromatic N) is 1. The van der Waals surface area contributed by atoms with Gasteiger partial charge in [0, 0.05) is 24.0 Å². The van der Waals surface area contributed by atoms with Gasteiger partial charge in [-0.05, 0) is 33.9 Å². The van der Waals surface area contributed by atoms with Gasteiger partial charge in [-0.25, -0.2) is 4.79 Å². The molecule has 2 aliphatic rings. The third-order valence-corrected chi connectivity index (χ3v) is 6.77. The van der Waals surface area contributed by atoms with E-state index in [1.165, 1.54) is 29.4 Å². The lowest BCUT2D eigenvalue weighted by Crippen LogP contribution is -2.48. The molecular weight excluding hydrogens is 384 g/mol. The number of aromatic nitrogens is 1. The number of hydrogen-bond donors (Lipinski definition) is 1. The highest BCUT2D eigenvalue weighted by atomic mass is 16.5. The monoisotopic (exact) mass is 406 g/mol. The van der Waals surface area contributed by atoms with Gasteiger partial charge in [-0.2, -0.15) is 0 Å². The second-order valence-electron chi connectivity index (χ2n) is 8.13. The first-order chi connectivity index (χ1) is 15.3. The molecule has 4 nitrogen and oxygen atoms in total. The third-order valence-electron chi connectivity index (χ3n) is 6.77. The Kier molecular flexibility index (Phi) is 3.92. The number of fused-ring (bicyclic) bond motifs is 4. The minimum absolute atomic E-state index is 0.240. The first kappa shape index (κ1) is 18.2. The normalized spacial score (nSPS) is 18.3. The summed E-state index contributed by atoms with van der Waals surface area (Å²) in [5.41, 5.74) is 7.40. The molecule has 0 amide bonds. The minimum atomic E-state index is -0.604. The summed E-state index contributed by atoms with van der Waals surface area (Å²) < 4.78 is 5.31. The average molecular weight is 406 g/mol. The second-order valence-corrected chi connectivity index (χ2v) is 8.13. The van der Waals surface area contributed by atoms with E-state index in [2.05, 4.69) is 82.7 Å². The molecule has 0 fully saturated rings. The molecule has 1 aromatic heterocycles. The molecule has 0 saturated carbocycles. The fourth-order valence-electron chi connectivity index (χ4n) is 5.59. The molecule has 6 rings (SSSR count). The largest absolute Gasteiger partial charge is 0.468 e. The average Bonchev–Trinajstić information content (AvgIpc) is 3.50. The lowest BCUT2D eigenvalue weighted by Gasteiger charge is -2.43. The van der Waals surface area contributed by atoms with Crippen LogP contribution in [0.4, 0.5) is 0 Å². The van der Waals surface area contributed by atoms with Gasteiger partial charge in [0.15, 0.2) is 0 Å². The van der Waals surface area contributed by atoms with Gasteiger partial charge in [0.25, 0.3) is 0 Å². The molecular formula is C27H22N2O2. The van der Waals surface area contributed by atoms with Crippen LogP contribution in [0.25, 0.3) is 11.1 Å². The molecule has 4 heteroatoms. The molecule has 1 N–H and O–H groups in total. The predicted molar refractivity (Wildman–Crippen MR) is 119 cm³/mol. The van der Waals surface area contributed by atoms with E-state index in [0.717, 1.165) is 16.8 Å². The van der Waals surface area contributed by atoms with Crippen LogP contribution >= 0.6 is 0 Å². The van der Waals surface area contributed by atoms with Gasteiger partial charge in [-0.15, -0.1) is 0 Å². The number of H-pyrrole nitrogens is 1. The van der Waals surface area contributed by atoms with Gasteiger partial charge in [0.05, 0.1) is 12.6 Å². The molecule has 0 unspecified atom stereocenters. The Morgan fingerprint density at radius 2 is 1.52 bits per heavy atom. The molecule has 0 spiro atoms. The van der Waals surface area contributed by atoms with Crippen LogP contribution in [-0.4, -0.2) is 23.0 Å².